The minimum absolute atomic E-state index is 0.239. The molecule has 160 valence electrons. The average Bonchev–Trinajstić information content (AvgIpc) is 2.74. The van der Waals surface area contributed by atoms with E-state index in [-0.39, 0.29) is 12.4 Å². The molecule has 3 aromatic carbocycles. The summed E-state index contributed by atoms with van der Waals surface area (Å²) in [6.45, 7) is 0.239. The van der Waals surface area contributed by atoms with Gasteiger partial charge in [-0.1, -0.05) is 54.6 Å². The maximum atomic E-state index is 12.5. The lowest BCUT2D eigenvalue weighted by atomic mass is 9.98. The summed E-state index contributed by atoms with van der Waals surface area (Å²) >= 11 is 0. The van der Waals surface area contributed by atoms with Crippen LogP contribution >= 0.6 is 0 Å². The van der Waals surface area contributed by atoms with Crippen molar-refractivity contribution in [2.45, 2.75) is 11.9 Å². The van der Waals surface area contributed by atoms with Crippen LogP contribution in [0.15, 0.2) is 78.4 Å². The summed E-state index contributed by atoms with van der Waals surface area (Å²) in [5.74, 6) is -0.192. The lowest BCUT2D eigenvalue weighted by Crippen LogP contribution is -2.28. The molecule has 3 aromatic rings. The molecule has 0 radical (unpaired) electrons. The first-order valence-electron chi connectivity index (χ1n) is 9.33. The maximum absolute atomic E-state index is 12.5. The van der Waals surface area contributed by atoms with Gasteiger partial charge in [0.2, 0.25) is 0 Å². The highest BCUT2D eigenvalue weighted by Crippen LogP contribution is 2.34. The van der Waals surface area contributed by atoms with Crippen molar-refractivity contribution < 1.29 is 30.5 Å². The molecule has 0 saturated heterocycles. The Morgan fingerprint density at radius 1 is 0.903 bits per heavy atom. The van der Waals surface area contributed by atoms with Crippen LogP contribution in [0.2, 0.25) is 0 Å². The second-order valence-corrected chi connectivity index (χ2v) is 8.55. The zero-order valence-corrected chi connectivity index (χ0v) is 16.9. The fourth-order valence-electron chi connectivity index (χ4n) is 3.23. The molecule has 0 fully saturated rings. The van der Waals surface area contributed by atoms with Crippen LogP contribution in [0.25, 0.3) is 17.2 Å². The second kappa shape index (κ2) is 8.11. The van der Waals surface area contributed by atoms with E-state index < -0.39 is 21.4 Å². The number of alkyl halides is 3. The Morgan fingerprint density at radius 3 is 2.26 bits per heavy atom. The van der Waals surface area contributed by atoms with Crippen molar-refractivity contribution in [3.05, 3.63) is 89.5 Å². The van der Waals surface area contributed by atoms with Crippen LogP contribution in [0, 0.1) is 0 Å². The zero-order valence-electron chi connectivity index (χ0n) is 16.1. The van der Waals surface area contributed by atoms with Gasteiger partial charge in [-0.05, 0) is 46.9 Å². The van der Waals surface area contributed by atoms with E-state index in [2.05, 4.69) is 4.18 Å². The molecule has 0 atom stereocenters. The summed E-state index contributed by atoms with van der Waals surface area (Å²) in [5.41, 5.74) is -0.532. The van der Waals surface area contributed by atoms with Crippen molar-refractivity contribution in [3.8, 4) is 22.6 Å². The van der Waals surface area contributed by atoms with Gasteiger partial charge in [0.1, 0.15) is 18.1 Å². The predicted molar refractivity (Wildman–Crippen MR) is 111 cm³/mol. The molecule has 0 spiro atoms. The maximum Gasteiger partial charge on any atom is 0.534 e. The minimum atomic E-state index is -5.72. The number of benzene rings is 3. The van der Waals surface area contributed by atoms with Crippen molar-refractivity contribution in [1.82, 2.24) is 0 Å². The van der Waals surface area contributed by atoms with Crippen molar-refractivity contribution in [2.24, 2.45) is 0 Å². The molecule has 1 aliphatic heterocycles. The summed E-state index contributed by atoms with van der Waals surface area (Å²) in [5, 5.41) is 0. The first-order valence-corrected chi connectivity index (χ1v) is 10.7. The van der Waals surface area contributed by atoms with E-state index in [0.29, 0.717) is 12.0 Å². The van der Waals surface area contributed by atoms with E-state index in [1.807, 2.05) is 60.7 Å². The summed E-state index contributed by atoms with van der Waals surface area (Å²) in [4.78, 5) is 0. The molecule has 0 aromatic heterocycles. The normalized spacial score (nSPS) is 13.7. The summed E-state index contributed by atoms with van der Waals surface area (Å²) < 4.78 is 69.5. The van der Waals surface area contributed by atoms with Crippen LogP contribution in [0.1, 0.15) is 11.1 Å². The Morgan fingerprint density at radius 2 is 1.58 bits per heavy atom. The van der Waals surface area contributed by atoms with Crippen LogP contribution < -0.4 is 8.92 Å². The van der Waals surface area contributed by atoms with Crippen LogP contribution in [0.3, 0.4) is 0 Å². The smallest absolute Gasteiger partial charge is 0.488 e. The summed E-state index contributed by atoms with van der Waals surface area (Å²) in [7, 11) is -5.72. The number of hydrogen-bond acceptors (Lipinski definition) is 4. The summed E-state index contributed by atoms with van der Waals surface area (Å²) in [6, 6.07) is 22.0. The van der Waals surface area contributed by atoms with E-state index >= 15 is 0 Å². The second-order valence-electron chi connectivity index (χ2n) is 7.01. The standard InChI is InChI=1S/C23H17F3O4S/c24-23(25,26)31(27,28)30-21-11-10-20-13-17(15-29-22(20)14-21)12-16-6-8-19(9-7-16)18-4-2-1-3-5-18/h1-11,13-14H,12,15H2. The molecule has 0 bridgehead atoms. The predicted octanol–water partition coefficient (Wildman–Crippen LogP) is 5.60. The van der Waals surface area contributed by atoms with Gasteiger partial charge in [0.05, 0.1) is 0 Å². The summed E-state index contributed by atoms with van der Waals surface area (Å²) in [6.07, 6.45) is 2.53. The lowest BCUT2D eigenvalue weighted by molar-refractivity contribution is -0.0500. The molecule has 1 aliphatic rings. The fourth-order valence-corrected chi connectivity index (χ4v) is 3.68. The Hall–Kier alpha value is -3.26. The Kier molecular flexibility index (Phi) is 5.49. The molecule has 4 rings (SSSR count). The molecule has 1 heterocycles. The van der Waals surface area contributed by atoms with Gasteiger partial charge in [-0.2, -0.15) is 21.6 Å². The van der Waals surface area contributed by atoms with Crippen molar-refractivity contribution in [3.63, 3.8) is 0 Å². The van der Waals surface area contributed by atoms with Gasteiger partial charge in [-0.25, -0.2) is 0 Å². The monoisotopic (exact) mass is 446 g/mol. The highest BCUT2D eigenvalue weighted by Gasteiger charge is 2.48. The molecule has 31 heavy (non-hydrogen) atoms. The van der Waals surface area contributed by atoms with Crippen molar-refractivity contribution >= 4 is 16.2 Å². The topological polar surface area (TPSA) is 52.6 Å². The van der Waals surface area contributed by atoms with Crippen LogP contribution in [-0.2, 0) is 16.5 Å². The number of halogens is 3. The van der Waals surface area contributed by atoms with E-state index in [0.717, 1.165) is 28.3 Å². The molecule has 4 nitrogen and oxygen atoms in total. The van der Waals surface area contributed by atoms with E-state index in [1.54, 1.807) is 0 Å². The lowest BCUT2D eigenvalue weighted by Gasteiger charge is -2.19. The quantitative estimate of drug-likeness (QED) is 0.378. The molecule has 0 aliphatic carbocycles. The van der Waals surface area contributed by atoms with Gasteiger partial charge >= 0.3 is 15.6 Å². The minimum Gasteiger partial charge on any atom is -0.488 e. The molecular weight excluding hydrogens is 429 g/mol. The Bertz CT molecular complexity index is 1220. The third-order valence-electron chi connectivity index (χ3n) is 4.74. The Balaban J connectivity index is 1.48. The number of rotatable bonds is 5. The third-order valence-corrected chi connectivity index (χ3v) is 5.72. The van der Waals surface area contributed by atoms with Gasteiger partial charge in [0.15, 0.2) is 0 Å². The molecular formula is C23H17F3O4S. The van der Waals surface area contributed by atoms with Crippen LogP contribution in [0.5, 0.6) is 11.5 Å². The molecule has 0 unspecified atom stereocenters. The van der Waals surface area contributed by atoms with Gasteiger partial charge < -0.3 is 8.92 Å². The van der Waals surface area contributed by atoms with Crippen molar-refractivity contribution in [1.29, 1.82) is 0 Å². The van der Waals surface area contributed by atoms with E-state index in [4.69, 9.17) is 4.74 Å². The van der Waals surface area contributed by atoms with Gasteiger partial charge in [0, 0.05) is 11.6 Å². The SMILES string of the molecule is O=S(=O)(Oc1ccc2c(c1)OCC(Cc1ccc(-c3ccccc3)cc1)=C2)C(F)(F)F. The largest absolute Gasteiger partial charge is 0.534 e. The van der Waals surface area contributed by atoms with Gasteiger partial charge in [-0.15, -0.1) is 0 Å². The van der Waals surface area contributed by atoms with Crippen LogP contribution in [-0.4, -0.2) is 20.5 Å². The number of fused-ring (bicyclic) bond motifs is 1. The third kappa shape index (κ3) is 4.74. The van der Waals surface area contributed by atoms with E-state index in [9.17, 15) is 21.6 Å². The average molecular weight is 446 g/mol. The van der Waals surface area contributed by atoms with Crippen LogP contribution in [0.4, 0.5) is 13.2 Å². The molecule has 0 amide bonds. The van der Waals surface area contributed by atoms with E-state index in [1.165, 1.54) is 12.1 Å². The first kappa shape index (κ1) is 21.0. The fraction of sp³-hybridized carbons (Fsp3) is 0.130. The Labute approximate surface area is 177 Å². The number of hydrogen-bond donors (Lipinski definition) is 0. The first-order chi connectivity index (χ1) is 14.7. The number of ether oxygens (including phenoxy) is 1. The van der Waals surface area contributed by atoms with Crippen molar-refractivity contribution in [2.75, 3.05) is 6.61 Å². The molecule has 0 saturated carbocycles. The molecule has 0 N–H and O–H groups in total. The highest BCUT2D eigenvalue weighted by atomic mass is 32.2. The zero-order chi connectivity index (χ0) is 22.1. The molecule has 8 heteroatoms. The van der Waals surface area contributed by atoms with Gasteiger partial charge in [0.25, 0.3) is 0 Å². The highest BCUT2D eigenvalue weighted by molar-refractivity contribution is 7.88. The van der Waals surface area contributed by atoms with Gasteiger partial charge in [-0.3, -0.25) is 0 Å².